The van der Waals surface area contributed by atoms with Gasteiger partial charge in [-0.2, -0.15) is 13.2 Å². The second-order valence-electron chi connectivity index (χ2n) is 4.06. The average molecular weight is 309 g/mol. The van der Waals surface area contributed by atoms with E-state index in [-0.39, 0.29) is 6.04 Å². The van der Waals surface area contributed by atoms with Gasteiger partial charge in [-0.3, -0.25) is 0 Å². The van der Waals surface area contributed by atoms with Crippen molar-refractivity contribution in [2.24, 2.45) is 0 Å². The fraction of sp³-hybridized carbons (Fsp3) is 0.455. The molecule has 1 aliphatic heterocycles. The van der Waals surface area contributed by atoms with Gasteiger partial charge in [0.25, 0.3) is 0 Å². The maximum absolute atomic E-state index is 12.6. The Bertz CT molecular complexity index is 400. The summed E-state index contributed by atoms with van der Waals surface area (Å²) < 4.78 is 38.2. The average Bonchev–Trinajstić information content (AvgIpc) is 2.68. The normalized spacial score (nSPS) is 20.6. The second kappa shape index (κ2) is 4.86. The summed E-state index contributed by atoms with van der Waals surface area (Å²) >= 11 is 3.10. The molecule has 1 aromatic rings. The van der Waals surface area contributed by atoms with E-state index in [1.807, 2.05) is 0 Å². The van der Waals surface area contributed by atoms with Crippen LogP contribution in [0.5, 0.6) is 0 Å². The van der Waals surface area contributed by atoms with Crippen LogP contribution in [0, 0.1) is 0 Å². The third-order valence-electron chi connectivity index (χ3n) is 2.66. The maximum atomic E-state index is 12.6. The number of nitrogens with one attached hydrogen (secondary N) is 2. The zero-order valence-corrected chi connectivity index (χ0v) is 10.5. The molecular formula is C11H12BrF3N2. The van der Waals surface area contributed by atoms with Gasteiger partial charge >= 0.3 is 6.18 Å². The Morgan fingerprint density at radius 3 is 2.65 bits per heavy atom. The molecule has 1 saturated heterocycles. The molecule has 1 atom stereocenters. The first-order valence-corrected chi connectivity index (χ1v) is 6.09. The van der Waals surface area contributed by atoms with Crippen LogP contribution in [0.2, 0.25) is 0 Å². The van der Waals surface area contributed by atoms with Gasteiger partial charge in [0.2, 0.25) is 0 Å². The first kappa shape index (κ1) is 12.7. The predicted octanol–water partition coefficient (Wildman–Crippen LogP) is 3.24. The fourth-order valence-corrected chi connectivity index (χ4v) is 2.34. The quantitative estimate of drug-likeness (QED) is 0.876. The minimum atomic E-state index is -4.31. The van der Waals surface area contributed by atoms with Crippen molar-refractivity contribution in [3.05, 3.63) is 28.2 Å². The van der Waals surface area contributed by atoms with Crippen molar-refractivity contribution in [3.63, 3.8) is 0 Å². The number of hydrogen-bond acceptors (Lipinski definition) is 2. The highest BCUT2D eigenvalue weighted by atomic mass is 79.9. The first-order valence-electron chi connectivity index (χ1n) is 5.30. The van der Waals surface area contributed by atoms with Gasteiger partial charge in [-0.05, 0) is 31.2 Å². The third-order valence-corrected chi connectivity index (χ3v) is 3.11. The van der Waals surface area contributed by atoms with Gasteiger partial charge in [0.1, 0.15) is 0 Å². The largest absolute Gasteiger partial charge is 0.416 e. The molecule has 2 nitrogen and oxygen atoms in total. The fourth-order valence-electron chi connectivity index (χ4n) is 1.85. The zero-order chi connectivity index (χ0) is 12.5. The van der Waals surface area contributed by atoms with Crippen LogP contribution in [0.15, 0.2) is 22.7 Å². The lowest BCUT2D eigenvalue weighted by Crippen LogP contribution is -2.22. The number of anilines is 1. The van der Waals surface area contributed by atoms with Gasteiger partial charge in [0.15, 0.2) is 0 Å². The van der Waals surface area contributed by atoms with E-state index in [0.29, 0.717) is 10.2 Å². The number of alkyl halides is 3. The lowest BCUT2D eigenvalue weighted by molar-refractivity contribution is -0.137. The Balaban J connectivity index is 2.19. The van der Waals surface area contributed by atoms with E-state index < -0.39 is 11.7 Å². The van der Waals surface area contributed by atoms with Crippen LogP contribution < -0.4 is 10.6 Å². The molecule has 1 heterocycles. The van der Waals surface area contributed by atoms with Crippen LogP contribution in [-0.4, -0.2) is 19.1 Å². The molecule has 2 N–H and O–H groups in total. The van der Waals surface area contributed by atoms with Crippen LogP contribution in [0.3, 0.4) is 0 Å². The van der Waals surface area contributed by atoms with Crippen molar-refractivity contribution < 1.29 is 13.2 Å². The minimum Gasteiger partial charge on any atom is -0.381 e. The number of rotatable bonds is 2. The molecule has 1 unspecified atom stereocenters. The van der Waals surface area contributed by atoms with Crippen molar-refractivity contribution in [1.82, 2.24) is 5.32 Å². The van der Waals surface area contributed by atoms with Crippen LogP contribution >= 0.6 is 15.9 Å². The Hall–Kier alpha value is -0.750. The van der Waals surface area contributed by atoms with Crippen LogP contribution in [0.25, 0.3) is 0 Å². The molecule has 94 valence electrons. The summed E-state index contributed by atoms with van der Waals surface area (Å²) in [6.07, 6.45) is -3.39. The monoisotopic (exact) mass is 308 g/mol. The Labute approximate surface area is 106 Å². The van der Waals surface area contributed by atoms with E-state index in [9.17, 15) is 13.2 Å². The molecule has 1 fully saturated rings. The van der Waals surface area contributed by atoms with Crippen molar-refractivity contribution in [3.8, 4) is 0 Å². The lowest BCUT2D eigenvalue weighted by atomic mass is 10.1. The smallest absolute Gasteiger partial charge is 0.381 e. The summed E-state index contributed by atoms with van der Waals surface area (Å²) in [5, 5.41) is 6.26. The standard InChI is InChI=1S/C11H12BrF3N2/c12-8-3-7(11(13,14)15)4-10(5-8)17-9-1-2-16-6-9/h3-5,9,16-17H,1-2,6H2. The molecular weight excluding hydrogens is 297 g/mol. The summed E-state index contributed by atoms with van der Waals surface area (Å²) in [6, 6.07) is 4.08. The van der Waals surface area contributed by atoms with Gasteiger partial charge in [-0.25, -0.2) is 0 Å². The predicted molar refractivity (Wildman–Crippen MR) is 64.0 cm³/mol. The summed E-state index contributed by atoms with van der Waals surface area (Å²) in [4.78, 5) is 0. The Morgan fingerprint density at radius 2 is 2.06 bits per heavy atom. The summed E-state index contributed by atoms with van der Waals surface area (Å²) in [5.41, 5.74) is -0.138. The molecule has 1 aliphatic rings. The van der Waals surface area contributed by atoms with Gasteiger partial charge in [0.05, 0.1) is 5.56 Å². The molecule has 17 heavy (non-hydrogen) atoms. The van der Waals surface area contributed by atoms with E-state index in [0.717, 1.165) is 31.6 Å². The van der Waals surface area contributed by atoms with Crippen molar-refractivity contribution in [2.75, 3.05) is 18.4 Å². The number of hydrogen-bond donors (Lipinski definition) is 2. The maximum Gasteiger partial charge on any atom is 0.416 e. The molecule has 6 heteroatoms. The number of halogens is 4. The second-order valence-corrected chi connectivity index (χ2v) is 4.98. The van der Waals surface area contributed by atoms with Crippen molar-refractivity contribution >= 4 is 21.6 Å². The molecule has 2 rings (SSSR count). The summed E-state index contributed by atoms with van der Waals surface area (Å²) in [5.74, 6) is 0. The van der Waals surface area contributed by atoms with Gasteiger partial charge in [-0.1, -0.05) is 15.9 Å². The van der Waals surface area contributed by atoms with E-state index in [2.05, 4.69) is 26.6 Å². The first-order chi connectivity index (χ1) is 7.95. The third kappa shape index (κ3) is 3.35. The van der Waals surface area contributed by atoms with E-state index in [4.69, 9.17) is 0 Å². The molecule has 0 amide bonds. The molecule has 0 aliphatic carbocycles. The topological polar surface area (TPSA) is 24.1 Å². The van der Waals surface area contributed by atoms with E-state index >= 15 is 0 Å². The minimum absolute atomic E-state index is 0.199. The lowest BCUT2D eigenvalue weighted by Gasteiger charge is -2.15. The highest BCUT2D eigenvalue weighted by Gasteiger charge is 2.31. The van der Waals surface area contributed by atoms with Gasteiger partial charge in [0, 0.05) is 22.7 Å². The highest BCUT2D eigenvalue weighted by molar-refractivity contribution is 9.10. The molecule has 0 spiro atoms. The molecule has 0 saturated carbocycles. The van der Waals surface area contributed by atoms with Crippen molar-refractivity contribution in [1.29, 1.82) is 0 Å². The highest BCUT2D eigenvalue weighted by Crippen LogP contribution is 2.33. The zero-order valence-electron chi connectivity index (χ0n) is 8.94. The van der Waals surface area contributed by atoms with E-state index in [1.165, 1.54) is 0 Å². The molecule has 0 aromatic heterocycles. The van der Waals surface area contributed by atoms with Crippen LogP contribution in [0.4, 0.5) is 18.9 Å². The Morgan fingerprint density at radius 1 is 1.29 bits per heavy atom. The molecule has 1 aromatic carbocycles. The van der Waals surface area contributed by atoms with Crippen LogP contribution in [-0.2, 0) is 6.18 Å². The molecule has 0 bridgehead atoms. The van der Waals surface area contributed by atoms with E-state index in [1.54, 1.807) is 6.07 Å². The van der Waals surface area contributed by atoms with Gasteiger partial charge in [-0.15, -0.1) is 0 Å². The van der Waals surface area contributed by atoms with Crippen molar-refractivity contribution in [2.45, 2.75) is 18.6 Å². The summed E-state index contributed by atoms with van der Waals surface area (Å²) in [6.45, 7) is 1.69. The van der Waals surface area contributed by atoms with Crippen LogP contribution in [0.1, 0.15) is 12.0 Å². The SMILES string of the molecule is FC(F)(F)c1cc(Br)cc(NC2CCNC2)c1. The summed E-state index contributed by atoms with van der Waals surface area (Å²) in [7, 11) is 0. The molecule has 0 radical (unpaired) electrons. The van der Waals surface area contributed by atoms with Gasteiger partial charge < -0.3 is 10.6 Å². The number of benzene rings is 1. The Kier molecular flexibility index (Phi) is 3.63.